The van der Waals surface area contributed by atoms with E-state index in [9.17, 15) is 0 Å². The number of rotatable bonds is 4. The van der Waals surface area contributed by atoms with Gasteiger partial charge in [0.05, 0.1) is 0 Å². The Hall–Kier alpha value is 0.0969. The molecule has 0 saturated carbocycles. The molecule has 0 amide bonds. The van der Waals surface area contributed by atoms with Crippen molar-refractivity contribution >= 4 is 8.32 Å². The highest BCUT2D eigenvalue weighted by Crippen LogP contribution is 2.11. The summed E-state index contributed by atoms with van der Waals surface area (Å²) in [6.45, 7) is 10.7. The molecule has 0 spiro atoms. The zero-order valence-corrected chi connectivity index (χ0v) is 11.0. The van der Waals surface area contributed by atoms with E-state index in [1.165, 1.54) is 38.8 Å². The van der Waals surface area contributed by atoms with E-state index in [1.807, 2.05) is 7.11 Å². The smallest absolute Gasteiger partial charge is 0.187 e. The summed E-state index contributed by atoms with van der Waals surface area (Å²) in [5.74, 6) is 0. The van der Waals surface area contributed by atoms with E-state index in [0.717, 1.165) is 0 Å². The van der Waals surface area contributed by atoms with Gasteiger partial charge < -0.3 is 14.2 Å². The highest BCUT2D eigenvalue weighted by Gasteiger charge is 2.22. The molecule has 14 heavy (non-hydrogen) atoms. The van der Waals surface area contributed by atoms with E-state index >= 15 is 0 Å². The molecular weight excluding hydrogens is 192 g/mol. The Morgan fingerprint density at radius 2 is 1.71 bits per heavy atom. The van der Waals surface area contributed by atoms with Crippen molar-refractivity contribution in [3.05, 3.63) is 0 Å². The zero-order valence-electron chi connectivity index (χ0n) is 10.0. The summed E-state index contributed by atoms with van der Waals surface area (Å²) in [5.41, 5.74) is 0. The lowest BCUT2D eigenvalue weighted by molar-refractivity contribution is 0.158. The Morgan fingerprint density at radius 3 is 2.21 bits per heavy atom. The third kappa shape index (κ3) is 4.08. The molecular formula is C10H24N2OSi. The summed E-state index contributed by atoms with van der Waals surface area (Å²) < 4.78 is 5.55. The molecule has 0 radical (unpaired) electrons. The Labute approximate surface area is 89.2 Å². The predicted octanol–water partition coefficient (Wildman–Crippen LogP) is 1.09. The normalized spacial score (nSPS) is 21.4. The standard InChI is InChI=1S/C10H24N2OSi/c1-11-5-7-12(8-6-11)9-10-14(3,4)13-2/h5-10H2,1-4H3. The van der Waals surface area contributed by atoms with Gasteiger partial charge in [-0.3, -0.25) is 0 Å². The molecule has 1 aliphatic heterocycles. The van der Waals surface area contributed by atoms with Gasteiger partial charge in [0.2, 0.25) is 0 Å². The van der Waals surface area contributed by atoms with Crippen LogP contribution in [0.1, 0.15) is 0 Å². The third-order valence-electron chi connectivity index (χ3n) is 3.18. The first-order valence-corrected chi connectivity index (χ1v) is 8.61. The van der Waals surface area contributed by atoms with Gasteiger partial charge in [-0.25, -0.2) is 0 Å². The van der Waals surface area contributed by atoms with Crippen molar-refractivity contribution in [2.75, 3.05) is 46.9 Å². The van der Waals surface area contributed by atoms with E-state index in [2.05, 4.69) is 29.9 Å². The fourth-order valence-electron chi connectivity index (χ4n) is 1.60. The second kappa shape index (κ2) is 5.26. The minimum absolute atomic E-state index is 1.22. The lowest BCUT2D eigenvalue weighted by Crippen LogP contribution is -2.46. The number of nitrogens with zero attached hydrogens (tertiary/aromatic N) is 2. The van der Waals surface area contributed by atoms with Gasteiger partial charge in [0.25, 0.3) is 0 Å². The van der Waals surface area contributed by atoms with Crippen LogP contribution in [-0.2, 0) is 4.43 Å². The second-order valence-electron chi connectivity index (χ2n) is 4.86. The average Bonchev–Trinajstić information content (AvgIpc) is 2.17. The van der Waals surface area contributed by atoms with Crippen molar-refractivity contribution < 1.29 is 4.43 Å². The summed E-state index contributed by atoms with van der Waals surface area (Å²) in [7, 11) is 2.72. The number of likely N-dealkylation sites (N-methyl/N-ethyl adjacent to an activating group) is 1. The molecule has 0 unspecified atom stereocenters. The zero-order chi connectivity index (χ0) is 10.6. The van der Waals surface area contributed by atoms with Gasteiger partial charge in [0, 0.05) is 33.3 Å². The van der Waals surface area contributed by atoms with Crippen LogP contribution in [0.4, 0.5) is 0 Å². The maximum Gasteiger partial charge on any atom is 0.187 e. The molecule has 1 fully saturated rings. The quantitative estimate of drug-likeness (QED) is 0.654. The van der Waals surface area contributed by atoms with Gasteiger partial charge in [-0.2, -0.15) is 0 Å². The van der Waals surface area contributed by atoms with Crippen LogP contribution in [0, 0.1) is 0 Å². The summed E-state index contributed by atoms with van der Waals surface area (Å²) in [4.78, 5) is 4.96. The van der Waals surface area contributed by atoms with Crippen molar-refractivity contribution in [1.82, 2.24) is 9.80 Å². The van der Waals surface area contributed by atoms with E-state index in [4.69, 9.17) is 4.43 Å². The molecule has 1 rings (SSSR count). The van der Waals surface area contributed by atoms with Gasteiger partial charge >= 0.3 is 0 Å². The van der Waals surface area contributed by atoms with Crippen molar-refractivity contribution in [1.29, 1.82) is 0 Å². The monoisotopic (exact) mass is 216 g/mol. The fourth-order valence-corrected chi connectivity index (χ4v) is 2.66. The summed E-state index contributed by atoms with van der Waals surface area (Å²) in [5, 5.41) is 0. The fraction of sp³-hybridized carbons (Fsp3) is 1.00. The van der Waals surface area contributed by atoms with Crippen LogP contribution in [0.5, 0.6) is 0 Å². The molecule has 4 heteroatoms. The maximum absolute atomic E-state index is 5.55. The molecule has 0 bridgehead atoms. The van der Waals surface area contributed by atoms with Crippen LogP contribution in [0.3, 0.4) is 0 Å². The Balaban J connectivity index is 2.19. The number of hydrogen-bond acceptors (Lipinski definition) is 3. The molecule has 0 aromatic carbocycles. The molecule has 84 valence electrons. The Bertz CT molecular complexity index is 168. The first-order valence-electron chi connectivity index (χ1n) is 5.49. The molecule has 1 saturated heterocycles. The largest absolute Gasteiger partial charge is 0.420 e. The Morgan fingerprint density at radius 1 is 1.14 bits per heavy atom. The van der Waals surface area contributed by atoms with E-state index in [-0.39, 0.29) is 0 Å². The minimum Gasteiger partial charge on any atom is -0.420 e. The van der Waals surface area contributed by atoms with Gasteiger partial charge in [-0.05, 0) is 32.7 Å². The van der Waals surface area contributed by atoms with Crippen molar-refractivity contribution in [3.8, 4) is 0 Å². The molecule has 0 aromatic rings. The second-order valence-corrected chi connectivity index (χ2v) is 9.29. The SMILES string of the molecule is CO[Si](C)(C)CCN1CCN(C)CC1. The highest BCUT2D eigenvalue weighted by atomic mass is 28.4. The maximum atomic E-state index is 5.55. The lowest BCUT2D eigenvalue weighted by Gasteiger charge is -2.33. The van der Waals surface area contributed by atoms with Crippen molar-refractivity contribution in [2.45, 2.75) is 19.1 Å². The molecule has 3 nitrogen and oxygen atoms in total. The summed E-state index contributed by atoms with van der Waals surface area (Å²) in [6, 6.07) is 1.26. The molecule has 1 aliphatic rings. The highest BCUT2D eigenvalue weighted by molar-refractivity contribution is 6.71. The minimum atomic E-state index is -1.33. The first kappa shape index (κ1) is 12.2. The Kier molecular flexibility index (Phi) is 4.57. The van der Waals surface area contributed by atoms with Crippen LogP contribution in [0.25, 0.3) is 0 Å². The van der Waals surface area contributed by atoms with Crippen LogP contribution < -0.4 is 0 Å². The number of piperazine rings is 1. The molecule has 1 heterocycles. The topological polar surface area (TPSA) is 15.7 Å². The van der Waals surface area contributed by atoms with Gasteiger partial charge in [0.15, 0.2) is 8.32 Å². The van der Waals surface area contributed by atoms with E-state index in [1.54, 1.807) is 0 Å². The average molecular weight is 216 g/mol. The van der Waals surface area contributed by atoms with Crippen LogP contribution in [0.2, 0.25) is 19.1 Å². The molecule has 0 aromatic heterocycles. The van der Waals surface area contributed by atoms with Gasteiger partial charge in [0.1, 0.15) is 0 Å². The molecule has 0 atom stereocenters. The summed E-state index contributed by atoms with van der Waals surface area (Å²) in [6.07, 6.45) is 0. The summed E-state index contributed by atoms with van der Waals surface area (Å²) >= 11 is 0. The van der Waals surface area contributed by atoms with Crippen LogP contribution >= 0.6 is 0 Å². The van der Waals surface area contributed by atoms with Crippen LogP contribution in [0.15, 0.2) is 0 Å². The van der Waals surface area contributed by atoms with E-state index < -0.39 is 8.32 Å². The third-order valence-corrected chi connectivity index (χ3v) is 5.71. The van der Waals surface area contributed by atoms with E-state index in [0.29, 0.717) is 0 Å². The van der Waals surface area contributed by atoms with Gasteiger partial charge in [-0.15, -0.1) is 0 Å². The molecule has 0 N–H and O–H groups in total. The van der Waals surface area contributed by atoms with Crippen LogP contribution in [-0.4, -0.2) is 65.0 Å². The predicted molar refractivity (Wildman–Crippen MR) is 63.2 cm³/mol. The molecule has 0 aliphatic carbocycles. The lowest BCUT2D eigenvalue weighted by atomic mass is 10.3. The first-order chi connectivity index (χ1) is 6.53. The number of hydrogen-bond donors (Lipinski definition) is 0. The van der Waals surface area contributed by atoms with Gasteiger partial charge in [-0.1, -0.05) is 0 Å². The van der Waals surface area contributed by atoms with Crippen molar-refractivity contribution in [3.63, 3.8) is 0 Å². The van der Waals surface area contributed by atoms with Crippen molar-refractivity contribution in [2.24, 2.45) is 0 Å².